The highest BCUT2D eigenvalue weighted by molar-refractivity contribution is 5.94. The van der Waals surface area contributed by atoms with Gasteiger partial charge in [0, 0.05) is 12.7 Å². The minimum absolute atomic E-state index is 0.276. The lowest BCUT2D eigenvalue weighted by molar-refractivity contribution is -0.384. The van der Waals surface area contributed by atoms with Crippen LogP contribution in [0.15, 0.2) is 18.2 Å². The van der Waals surface area contributed by atoms with E-state index in [1.54, 1.807) is 6.92 Å². The SMILES string of the molecule is CCOCC(=O)Nc1c(F)cccc1[N+](=O)[O-]. The number of halogens is 1. The Hall–Kier alpha value is -2.02. The maximum absolute atomic E-state index is 13.3. The molecule has 0 fully saturated rings. The number of benzene rings is 1. The van der Waals surface area contributed by atoms with Crippen LogP contribution < -0.4 is 5.32 Å². The highest BCUT2D eigenvalue weighted by atomic mass is 19.1. The van der Waals surface area contributed by atoms with Crippen molar-refractivity contribution in [1.82, 2.24) is 0 Å². The molecule has 92 valence electrons. The first-order valence-electron chi connectivity index (χ1n) is 4.86. The summed E-state index contributed by atoms with van der Waals surface area (Å²) in [6.45, 7) is 1.74. The fourth-order valence-corrected chi connectivity index (χ4v) is 1.16. The van der Waals surface area contributed by atoms with Gasteiger partial charge in [0.25, 0.3) is 11.6 Å². The van der Waals surface area contributed by atoms with Crippen molar-refractivity contribution in [2.75, 3.05) is 18.5 Å². The first kappa shape index (κ1) is 13.0. The van der Waals surface area contributed by atoms with Crippen LogP contribution in [0.4, 0.5) is 15.8 Å². The van der Waals surface area contributed by atoms with E-state index in [1.165, 1.54) is 6.07 Å². The number of hydrogen-bond donors (Lipinski definition) is 1. The number of hydrogen-bond acceptors (Lipinski definition) is 4. The van der Waals surface area contributed by atoms with Crippen molar-refractivity contribution in [3.8, 4) is 0 Å². The van der Waals surface area contributed by atoms with Crippen LogP contribution in [0.2, 0.25) is 0 Å². The lowest BCUT2D eigenvalue weighted by atomic mass is 10.2. The van der Waals surface area contributed by atoms with Gasteiger partial charge in [-0.05, 0) is 13.0 Å². The van der Waals surface area contributed by atoms with Gasteiger partial charge in [-0.25, -0.2) is 4.39 Å². The van der Waals surface area contributed by atoms with Gasteiger partial charge in [0.05, 0.1) is 4.92 Å². The van der Waals surface area contributed by atoms with Crippen molar-refractivity contribution in [3.63, 3.8) is 0 Å². The van der Waals surface area contributed by atoms with Crippen LogP contribution in [0.3, 0.4) is 0 Å². The van der Waals surface area contributed by atoms with Gasteiger partial charge in [-0.2, -0.15) is 0 Å². The highest BCUT2D eigenvalue weighted by Gasteiger charge is 2.19. The van der Waals surface area contributed by atoms with Crippen molar-refractivity contribution in [3.05, 3.63) is 34.1 Å². The Morgan fingerprint density at radius 1 is 1.59 bits per heavy atom. The van der Waals surface area contributed by atoms with Gasteiger partial charge in [-0.15, -0.1) is 0 Å². The van der Waals surface area contributed by atoms with E-state index in [1.807, 2.05) is 0 Å². The summed E-state index contributed by atoms with van der Waals surface area (Å²) in [5.74, 6) is -1.50. The minimum atomic E-state index is -0.857. The molecule has 0 aliphatic heterocycles. The standard InChI is InChI=1S/C10H11FN2O4/c1-2-17-6-9(14)12-10-7(11)4-3-5-8(10)13(15)16/h3-5H,2,6H2,1H3,(H,12,14). The molecule has 0 bridgehead atoms. The Balaban J connectivity index is 2.89. The molecule has 0 saturated carbocycles. The van der Waals surface area contributed by atoms with E-state index in [2.05, 4.69) is 5.32 Å². The van der Waals surface area contributed by atoms with E-state index in [0.717, 1.165) is 12.1 Å². The molecule has 1 aromatic carbocycles. The quantitative estimate of drug-likeness (QED) is 0.629. The number of nitro benzene ring substituents is 1. The van der Waals surface area contributed by atoms with E-state index >= 15 is 0 Å². The number of rotatable bonds is 5. The maximum Gasteiger partial charge on any atom is 0.295 e. The van der Waals surface area contributed by atoms with Gasteiger partial charge in [0.1, 0.15) is 6.61 Å². The highest BCUT2D eigenvalue weighted by Crippen LogP contribution is 2.26. The smallest absolute Gasteiger partial charge is 0.295 e. The van der Waals surface area contributed by atoms with Crippen LogP contribution in [0.1, 0.15) is 6.92 Å². The summed E-state index contributed by atoms with van der Waals surface area (Å²) >= 11 is 0. The second-order valence-electron chi connectivity index (χ2n) is 3.08. The van der Waals surface area contributed by atoms with Crippen LogP contribution in [-0.2, 0) is 9.53 Å². The summed E-state index contributed by atoms with van der Waals surface area (Å²) in [6.07, 6.45) is 0. The molecule has 7 heteroatoms. The molecule has 1 N–H and O–H groups in total. The first-order valence-corrected chi connectivity index (χ1v) is 4.86. The predicted molar refractivity (Wildman–Crippen MR) is 58.2 cm³/mol. The number of ether oxygens (including phenoxy) is 1. The fraction of sp³-hybridized carbons (Fsp3) is 0.300. The number of carbonyl (C=O) groups is 1. The Morgan fingerprint density at radius 3 is 2.88 bits per heavy atom. The van der Waals surface area contributed by atoms with Crippen molar-refractivity contribution in [2.24, 2.45) is 0 Å². The van der Waals surface area contributed by atoms with Crippen LogP contribution in [0.5, 0.6) is 0 Å². The largest absolute Gasteiger partial charge is 0.372 e. The molecular weight excluding hydrogens is 231 g/mol. The van der Waals surface area contributed by atoms with Crippen LogP contribution >= 0.6 is 0 Å². The molecule has 0 radical (unpaired) electrons. The van der Waals surface area contributed by atoms with Gasteiger partial charge < -0.3 is 10.1 Å². The third-order valence-electron chi connectivity index (χ3n) is 1.89. The van der Waals surface area contributed by atoms with E-state index in [9.17, 15) is 19.3 Å². The van der Waals surface area contributed by atoms with Gasteiger partial charge in [0.15, 0.2) is 11.5 Å². The lowest BCUT2D eigenvalue weighted by Crippen LogP contribution is -2.19. The summed E-state index contributed by atoms with van der Waals surface area (Å²) in [6, 6.07) is 3.34. The van der Waals surface area contributed by atoms with Crippen LogP contribution in [-0.4, -0.2) is 24.0 Å². The van der Waals surface area contributed by atoms with Gasteiger partial charge in [-0.1, -0.05) is 6.07 Å². The average Bonchev–Trinajstić information content (AvgIpc) is 2.28. The Bertz CT molecular complexity index is 436. The molecule has 0 aromatic heterocycles. The molecule has 0 spiro atoms. The topological polar surface area (TPSA) is 81.5 Å². The number of amides is 1. The zero-order chi connectivity index (χ0) is 12.8. The number of anilines is 1. The average molecular weight is 242 g/mol. The van der Waals surface area contributed by atoms with Crippen molar-refractivity contribution in [1.29, 1.82) is 0 Å². The summed E-state index contributed by atoms with van der Waals surface area (Å²) in [5, 5.41) is 12.7. The number of nitro groups is 1. The van der Waals surface area contributed by atoms with E-state index in [4.69, 9.17) is 4.74 Å². The predicted octanol–water partition coefficient (Wildman–Crippen LogP) is 1.71. The summed E-state index contributed by atoms with van der Waals surface area (Å²) in [4.78, 5) is 21.1. The second kappa shape index (κ2) is 5.90. The minimum Gasteiger partial charge on any atom is -0.372 e. The van der Waals surface area contributed by atoms with Gasteiger partial charge in [-0.3, -0.25) is 14.9 Å². The van der Waals surface area contributed by atoms with E-state index in [-0.39, 0.29) is 6.61 Å². The molecule has 0 heterocycles. The first-order chi connectivity index (χ1) is 8.06. The van der Waals surface area contributed by atoms with Gasteiger partial charge >= 0.3 is 0 Å². The summed E-state index contributed by atoms with van der Waals surface area (Å²) < 4.78 is 18.1. The van der Waals surface area contributed by atoms with Crippen molar-refractivity contribution < 1.29 is 18.8 Å². The molecule has 0 aliphatic carbocycles. The third kappa shape index (κ3) is 3.49. The molecule has 1 aromatic rings. The number of nitrogens with one attached hydrogen (secondary N) is 1. The molecule has 6 nitrogen and oxygen atoms in total. The molecule has 0 saturated heterocycles. The number of nitrogens with zero attached hydrogens (tertiary/aromatic N) is 1. The molecule has 0 atom stereocenters. The number of carbonyl (C=O) groups excluding carboxylic acids is 1. The zero-order valence-electron chi connectivity index (χ0n) is 9.10. The van der Waals surface area contributed by atoms with Crippen LogP contribution in [0.25, 0.3) is 0 Å². The second-order valence-corrected chi connectivity index (χ2v) is 3.08. The van der Waals surface area contributed by atoms with Gasteiger partial charge in [0.2, 0.25) is 0 Å². The Labute approximate surface area is 96.5 Å². The lowest BCUT2D eigenvalue weighted by Gasteiger charge is -2.06. The normalized spacial score (nSPS) is 10.0. The molecular formula is C10H11FN2O4. The monoisotopic (exact) mass is 242 g/mol. The Kier molecular flexibility index (Phi) is 4.53. The fourth-order valence-electron chi connectivity index (χ4n) is 1.16. The third-order valence-corrected chi connectivity index (χ3v) is 1.89. The summed E-state index contributed by atoms with van der Waals surface area (Å²) in [7, 11) is 0. The molecule has 0 unspecified atom stereocenters. The van der Waals surface area contributed by atoms with Crippen molar-refractivity contribution >= 4 is 17.3 Å². The molecule has 17 heavy (non-hydrogen) atoms. The molecule has 1 rings (SSSR count). The van der Waals surface area contributed by atoms with Crippen molar-refractivity contribution in [2.45, 2.75) is 6.92 Å². The molecule has 1 amide bonds. The zero-order valence-corrected chi connectivity index (χ0v) is 9.10. The van der Waals surface area contributed by atoms with Crippen LogP contribution in [0, 0.1) is 15.9 Å². The van der Waals surface area contributed by atoms with E-state index in [0.29, 0.717) is 6.61 Å². The maximum atomic E-state index is 13.3. The molecule has 0 aliphatic rings. The van der Waals surface area contributed by atoms with E-state index < -0.39 is 28.0 Å². The Morgan fingerprint density at radius 2 is 2.29 bits per heavy atom. The number of para-hydroxylation sites is 1. The summed E-state index contributed by atoms with van der Waals surface area (Å²) in [5.41, 5.74) is -0.933.